The molecule has 4 heteroatoms. The predicted octanol–water partition coefficient (Wildman–Crippen LogP) is 11.1. The molecule has 0 saturated heterocycles. The summed E-state index contributed by atoms with van der Waals surface area (Å²) in [6.45, 7) is 20.1. The van der Waals surface area contributed by atoms with Crippen molar-refractivity contribution in [2.75, 3.05) is 0 Å². The van der Waals surface area contributed by atoms with E-state index in [0.29, 0.717) is 0 Å². The first-order valence-electron chi connectivity index (χ1n) is 16.9. The molecule has 0 bridgehead atoms. The minimum atomic E-state index is -6.48. The van der Waals surface area contributed by atoms with Crippen LogP contribution in [0.4, 0.5) is 0 Å². The van der Waals surface area contributed by atoms with Gasteiger partial charge in [-0.1, -0.05) is 0 Å². The molecular weight excluding hydrogens is 656 g/mol. The maximum atomic E-state index is 8.34. The molecular formula is C42H52O2SiZr. The Labute approximate surface area is 274 Å². The van der Waals surface area contributed by atoms with Crippen LogP contribution < -0.4 is 5.63 Å². The van der Waals surface area contributed by atoms with Gasteiger partial charge in [-0.25, -0.2) is 0 Å². The molecule has 240 valence electrons. The first-order valence-corrected chi connectivity index (χ1v) is 32.5. The van der Waals surface area contributed by atoms with E-state index in [1.54, 1.807) is 0 Å². The molecule has 0 saturated carbocycles. The van der Waals surface area contributed by atoms with Gasteiger partial charge >= 0.3 is 276 Å². The zero-order valence-electron chi connectivity index (χ0n) is 29.6. The third-order valence-electron chi connectivity index (χ3n) is 11.1. The predicted molar refractivity (Wildman–Crippen MR) is 198 cm³/mol. The van der Waals surface area contributed by atoms with Crippen molar-refractivity contribution in [3.8, 4) is 11.5 Å². The molecule has 0 amide bonds. The van der Waals surface area contributed by atoms with Crippen LogP contribution in [0.2, 0.25) is 9.26 Å². The molecule has 2 atom stereocenters. The summed E-state index contributed by atoms with van der Waals surface area (Å²) in [5, 5.41) is 0. The fraction of sp³-hybridized carbons (Fsp3) is 0.333. The first kappa shape index (κ1) is 33.0. The van der Waals surface area contributed by atoms with E-state index in [0.717, 1.165) is 11.5 Å². The van der Waals surface area contributed by atoms with Crippen LogP contribution in [0.5, 0.6) is 11.5 Å². The van der Waals surface area contributed by atoms with Gasteiger partial charge < -0.3 is 0 Å². The Bertz CT molecular complexity index is 1950. The molecule has 46 heavy (non-hydrogen) atoms. The van der Waals surface area contributed by atoms with Gasteiger partial charge in [-0.15, -0.1) is 0 Å². The third kappa shape index (κ3) is 4.98. The van der Waals surface area contributed by atoms with Gasteiger partial charge in [0.2, 0.25) is 0 Å². The Kier molecular flexibility index (Phi) is 6.86. The van der Waals surface area contributed by atoms with Crippen molar-refractivity contribution in [2.24, 2.45) is 0 Å². The van der Waals surface area contributed by atoms with Crippen molar-refractivity contribution in [3.63, 3.8) is 0 Å². The quantitative estimate of drug-likeness (QED) is 0.186. The van der Waals surface area contributed by atoms with E-state index in [9.17, 15) is 0 Å². The molecule has 0 aromatic heterocycles. The third-order valence-corrected chi connectivity index (χ3v) is 38.4. The van der Waals surface area contributed by atoms with E-state index in [2.05, 4.69) is 181 Å². The Morgan fingerprint density at radius 2 is 0.935 bits per heavy atom. The molecule has 6 rings (SSSR count). The Morgan fingerprint density at radius 3 is 1.30 bits per heavy atom. The zero-order chi connectivity index (χ0) is 33.4. The molecule has 0 aliphatic heterocycles. The van der Waals surface area contributed by atoms with Crippen molar-refractivity contribution in [2.45, 2.75) is 82.7 Å². The molecule has 0 radical (unpaired) electrons. The number of rotatable bonds is 6. The molecule has 2 unspecified atom stereocenters. The van der Waals surface area contributed by atoms with E-state index >= 15 is 0 Å². The van der Waals surface area contributed by atoms with Gasteiger partial charge in [-0.05, 0) is 0 Å². The van der Waals surface area contributed by atoms with Crippen LogP contribution >= 0.6 is 0 Å². The fourth-order valence-corrected chi connectivity index (χ4v) is 34.4. The van der Waals surface area contributed by atoms with Crippen LogP contribution in [0.25, 0.3) is 12.2 Å². The summed E-state index contributed by atoms with van der Waals surface area (Å²) in [5.41, 5.74) is 9.59. The van der Waals surface area contributed by atoms with Crippen LogP contribution in [-0.2, 0) is 26.1 Å². The first-order chi connectivity index (χ1) is 21.2. The second-order valence-electron chi connectivity index (χ2n) is 18.2. The molecule has 2 aliphatic rings. The zero-order valence-corrected chi connectivity index (χ0v) is 33.4. The average molecular weight is 708 g/mol. The summed E-state index contributed by atoms with van der Waals surface area (Å²) >= 11 is -6.48. The van der Waals surface area contributed by atoms with Crippen molar-refractivity contribution in [1.82, 2.24) is 0 Å². The minimum absolute atomic E-state index is 0.115. The number of fused-ring (bicyclic) bond motifs is 2. The Hall–Kier alpha value is -2.94. The molecule has 2 aliphatic carbocycles. The van der Waals surface area contributed by atoms with Crippen LogP contribution in [0.15, 0.2) is 97.1 Å². The number of benzene rings is 4. The van der Waals surface area contributed by atoms with Crippen molar-refractivity contribution in [1.29, 1.82) is 0 Å². The number of aryl methyl sites for hydroxylation is 2. The standard InChI is InChI=1S/2C11H16O.2C9H7.2CH3.H2Si.Zr/c2*1-8-5-6-10(12)9(7-8)11(2,3)4;2*1-2-5-9-7-3-6-8(9)4-1;;;;/h2*5-7,12H,1-4H3;2*1-7H;2*1H3;1H2;/q;;;;;;;+2/p-2. The van der Waals surface area contributed by atoms with E-state index in [4.69, 9.17) is 5.63 Å². The molecule has 2 nitrogen and oxygen atoms in total. The van der Waals surface area contributed by atoms with Crippen molar-refractivity contribution in [3.05, 3.63) is 142 Å². The maximum absolute atomic E-state index is 8.34. The summed E-state index contributed by atoms with van der Waals surface area (Å²) in [7, 11) is 0. The summed E-state index contributed by atoms with van der Waals surface area (Å²) in [4.78, 5) is 0. The summed E-state index contributed by atoms with van der Waals surface area (Å²) in [5.74, 6) is 1.83. The van der Waals surface area contributed by atoms with Gasteiger partial charge in [0, 0.05) is 0 Å². The average Bonchev–Trinajstić information content (AvgIpc) is 3.61. The van der Waals surface area contributed by atoms with Gasteiger partial charge in [0.05, 0.1) is 0 Å². The van der Waals surface area contributed by atoms with Crippen LogP contribution in [0.1, 0.15) is 93.3 Å². The van der Waals surface area contributed by atoms with Crippen LogP contribution in [-0.4, -0.2) is 6.88 Å². The molecule has 4 aromatic carbocycles. The second kappa shape index (κ2) is 9.57. The number of allylic oxidation sites excluding steroid dienone is 2. The molecule has 0 fully saturated rings. The van der Waals surface area contributed by atoms with E-state index in [-0.39, 0.29) is 18.1 Å². The van der Waals surface area contributed by atoms with E-state index in [1.165, 1.54) is 44.5 Å². The number of hydrogen-bond acceptors (Lipinski definition) is 2. The molecule has 4 aromatic rings. The van der Waals surface area contributed by atoms with Gasteiger partial charge in [-0.2, -0.15) is 0 Å². The molecule has 0 N–H and O–H groups in total. The van der Waals surface area contributed by atoms with Gasteiger partial charge in [0.25, 0.3) is 0 Å². The SMILES string of the molecule is Cc1ccc([O][Zr]([CH3])([CH3])(=[SiH2])([O]c2ccc(C)cc2C(C)(C)C)([CH]2C=Cc3ccccc32)[CH]2C=Cc3ccccc32)c(C(C)(C)C)c1. The summed E-state index contributed by atoms with van der Waals surface area (Å²) in [6, 6.07) is 31.1. The Balaban J connectivity index is 1.82. The fourth-order valence-electron chi connectivity index (χ4n) is 8.61. The van der Waals surface area contributed by atoms with Gasteiger partial charge in [0.1, 0.15) is 0 Å². The number of hydrogen-bond donors (Lipinski definition) is 0. The van der Waals surface area contributed by atoms with E-state index < -0.39 is 15.3 Å². The normalized spacial score (nSPS) is 19.8. The topological polar surface area (TPSA) is 18.5 Å². The van der Waals surface area contributed by atoms with Crippen molar-refractivity contribution < 1.29 is 20.9 Å². The van der Waals surface area contributed by atoms with Crippen molar-refractivity contribution >= 4 is 19.0 Å². The monoisotopic (exact) mass is 706 g/mol. The van der Waals surface area contributed by atoms with Gasteiger partial charge in [0.15, 0.2) is 0 Å². The van der Waals surface area contributed by atoms with Crippen LogP contribution in [0, 0.1) is 13.8 Å². The molecule has 0 spiro atoms. The van der Waals surface area contributed by atoms with E-state index in [1.807, 2.05) is 0 Å². The second-order valence-corrected chi connectivity index (χ2v) is 61.5. The summed E-state index contributed by atoms with van der Waals surface area (Å²) in [6.07, 6.45) is 9.41. The van der Waals surface area contributed by atoms with Crippen LogP contribution in [0.3, 0.4) is 0 Å². The Morgan fingerprint density at radius 1 is 0.565 bits per heavy atom. The summed E-state index contributed by atoms with van der Waals surface area (Å²) < 4.78 is 21.4. The van der Waals surface area contributed by atoms with Gasteiger partial charge in [-0.3, -0.25) is 0 Å². The molecule has 0 heterocycles.